The van der Waals surface area contributed by atoms with E-state index in [4.69, 9.17) is 22.9 Å². The van der Waals surface area contributed by atoms with Crippen molar-refractivity contribution in [1.82, 2.24) is 20.4 Å². The van der Waals surface area contributed by atoms with Gasteiger partial charge in [0, 0.05) is 25.6 Å². The molecule has 4 rings (SSSR count). The Morgan fingerprint density at radius 3 is 2.34 bits per heavy atom. The highest BCUT2D eigenvalue weighted by atomic mass is 16.2. The van der Waals surface area contributed by atoms with Crippen LogP contribution < -0.4 is 33.6 Å². The van der Waals surface area contributed by atoms with Crippen LogP contribution in [-0.4, -0.2) is 94.6 Å². The number of nitrogens with zero attached hydrogens (tertiary/aromatic N) is 3. The lowest BCUT2D eigenvalue weighted by atomic mass is 9.84. The number of carbonyl (C=O) groups excluding carboxylic acids is 5. The van der Waals surface area contributed by atoms with Crippen molar-refractivity contribution in [2.45, 2.75) is 114 Å². The first-order chi connectivity index (χ1) is 22.4. The maximum Gasteiger partial charge on any atom is 0.246 e. The van der Waals surface area contributed by atoms with Gasteiger partial charge < -0.3 is 43.4 Å². The zero-order valence-corrected chi connectivity index (χ0v) is 27.5. The fourth-order valence-electron chi connectivity index (χ4n) is 7.18. The Bertz CT molecular complexity index is 1330. The van der Waals surface area contributed by atoms with Crippen molar-refractivity contribution in [2.24, 2.45) is 33.8 Å². The highest BCUT2D eigenvalue weighted by Gasteiger charge is 2.51. The number of hydrogen-bond acceptors (Lipinski definition) is 7. The van der Waals surface area contributed by atoms with Gasteiger partial charge in [0.1, 0.15) is 24.2 Å². The summed E-state index contributed by atoms with van der Waals surface area (Å²) in [5.74, 6) is -2.05. The van der Waals surface area contributed by atoms with E-state index in [1.807, 2.05) is 31.2 Å². The predicted molar refractivity (Wildman–Crippen MR) is 177 cm³/mol. The molecular weight excluding hydrogens is 602 g/mol. The summed E-state index contributed by atoms with van der Waals surface area (Å²) in [7, 11) is 0. The van der Waals surface area contributed by atoms with Crippen molar-refractivity contribution >= 4 is 35.5 Å². The molecule has 5 amide bonds. The number of nitrogens with two attached hydrogens (primary N) is 4. The quantitative estimate of drug-likeness (QED) is 0.0924. The molecule has 0 aromatic heterocycles. The molecule has 1 aromatic carbocycles. The summed E-state index contributed by atoms with van der Waals surface area (Å²) in [6, 6.07) is 3.26. The minimum atomic E-state index is -0.982. The van der Waals surface area contributed by atoms with E-state index < -0.39 is 47.9 Å². The van der Waals surface area contributed by atoms with Gasteiger partial charge in [0.15, 0.2) is 5.96 Å². The van der Waals surface area contributed by atoms with Crippen LogP contribution in [0, 0.1) is 12.8 Å². The van der Waals surface area contributed by atoms with E-state index in [1.165, 1.54) is 6.92 Å². The van der Waals surface area contributed by atoms with E-state index in [1.54, 1.807) is 9.80 Å². The molecule has 3 aliphatic rings. The molecule has 2 aliphatic heterocycles. The first-order valence-corrected chi connectivity index (χ1v) is 16.8. The summed E-state index contributed by atoms with van der Waals surface area (Å²) < 4.78 is 0. The van der Waals surface area contributed by atoms with Gasteiger partial charge >= 0.3 is 0 Å². The Morgan fingerprint density at radius 2 is 1.66 bits per heavy atom. The number of likely N-dealkylation sites (tertiary alicyclic amines) is 2. The average Bonchev–Trinajstić information content (AvgIpc) is 3.68. The second kappa shape index (κ2) is 16.1. The number of hydrogen-bond donors (Lipinski definition) is 6. The maximum atomic E-state index is 14.1. The number of guanidine groups is 1. The van der Waals surface area contributed by atoms with E-state index >= 15 is 0 Å². The molecule has 0 radical (unpaired) electrons. The zero-order chi connectivity index (χ0) is 34.2. The SMILES string of the molecule is Cc1ccc(C[C@H](NC(=O)[C@@H](C)NC(=O)[C@@H]2CCCN2C(=O)[C@@H]2C[C@@H]3CCCC[C@@H]3N2C(=O)[C@@H](N)CCCN=C(N)N)C(N)=O)cc1. The Morgan fingerprint density at radius 1 is 0.957 bits per heavy atom. The summed E-state index contributed by atoms with van der Waals surface area (Å²) in [6.07, 6.45) is 6.47. The van der Waals surface area contributed by atoms with Crippen LogP contribution in [0.3, 0.4) is 0 Å². The van der Waals surface area contributed by atoms with Gasteiger partial charge in [-0.25, -0.2) is 0 Å². The zero-order valence-electron chi connectivity index (χ0n) is 27.5. The number of fused-ring (bicyclic) bond motifs is 1. The molecule has 2 heterocycles. The number of rotatable bonds is 13. The third-order valence-corrected chi connectivity index (χ3v) is 9.72. The van der Waals surface area contributed by atoms with E-state index in [0.29, 0.717) is 45.2 Å². The van der Waals surface area contributed by atoms with Crippen LogP contribution in [0.4, 0.5) is 0 Å². The van der Waals surface area contributed by atoms with Gasteiger partial charge in [-0.05, 0) is 70.3 Å². The highest BCUT2D eigenvalue weighted by molar-refractivity contribution is 5.96. The van der Waals surface area contributed by atoms with Gasteiger partial charge in [-0.3, -0.25) is 29.0 Å². The molecule has 2 saturated heterocycles. The molecule has 7 atom stereocenters. The van der Waals surface area contributed by atoms with E-state index in [0.717, 1.165) is 36.8 Å². The summed E-state index contributed by atoms with van der Waals surface area (Å²) in [5.41, 5.74) is 24.6. The maximum absolute atomic E-state index is 14.1. The van der Waals surface area contributed by atoms with Crippen LogP contribution >= 0.6 is 0 Å². The van der Waals surface area contributed by atoms with Crippen molar-refractivity contribution in [2.75, 3.05) is 13.1 Å². The molecule has 1 aliphatic carbocycles. The second-order valence-corrected chi connectivity index (χ2v) is 13.2. The average molecular weight is 654 g/mol. The molecule has 1 aromatic rings. The van der Waals surface area contributed by atoms with Crippen LogP contribution in [-0.2, 0) is 30.4 Å². The number of amides is 5. The Balaban J connectivity index is 1.40. The molecule has 0 spiro atoms. The van der Waals surface area contributed by atoms with Crippen LogP contribution in [0.5, 0.6) is 0 Å². The molecular formula is C33H51N9O5. The minimum absolute atomic E-state index is 0.0210. The Kier molecular flexibility index (Phi) is 12.2. The molecule has 3 fully saturated rings. The fourth-order valence-corrected chi connectivity index (χ4v) is 7.18. The third kappa shape index (κ3) is 8.99. The predicted octanol–water partition coefficient (Wildman–Crippen LogP) is -0.456. The highest BCUT2D eigenvalue weighted by Crippen LogP contribution is 2.41. The molecule has 1 saturated carbocycles. The fraction of sp³-hybridized carbons (Fsp3) is 0.636. The van der Waals surface area contributed by atoms with E-state index in [-0.39, 0.29) is 36.2 Å². The summed E-state index contributed by atoms with van der Waals surface area (Å²) in [4.78, 5) is 73.8. The number of carbonyl (C=O) groups is 5. The normalized spacial score (nSPS) is 24.1. The lowest BCUT2D eigenvalue weighted by Crippen LogP contribution is -2.58. The van der Waals surface area contributed by atoms with Gasteiger partial charge in [0.05, 0.1) is 6.04 Å². The molecule has 0 unspecified atom stereocenters. The number of aliphatic imine (C=N–C) groups is 1. The number of nitrogens with one attached hydrogen (secondary N) is 2. The molecule has 258 valence electrons. The van der Waals surface area contributed by atoms with Crippen LogP contribution in [0.25, 0.3) is 0 Å². The molecule has 14 heteroatoms. The van der Waals surface area contributed by atoms with Crippen molar-refractivity contribution < 1.29 is 24.0 Å². The lowest BCUT2D eigenvalue weighted by Gasteiger charge is -2.37. The summed E-state index contributed by atoms with van der Waals surface area (Å²) in [6.45, 7) is 4.20. The second-order valence-electron chi connectivity index (χ2n) is 13.2. The topological polar surface area (TPSA) is 232 Å². The van der Waals surface area contributed by atoms with E-state index in [9.17, 15) is 24.0 Å². The number of benzene rings is 1. The Hall–Kier alpha value is -4.20. The van der Waals surface area contributed by atoms with Gasteiger partial charge in [-0.15, -0.1) is 0 Å². The van der Waals surface area contributed by atoms with Gasteiger partial charge in [-0.2, -0.15) is 0 Å². The first-order valence-electron chi connectivity index (χ1n) is 16.8. The first kappa shape index (κ1) is 35.7. The number of primary amides is 1. The minimum Gasteiger partial charge on any atom is -0.370 e. The van der Waals surface area contributed by atoms with Crippen LogP contribution in [0.15, 0.2) is 29.3 Å². The molecule has 47 heavy (non-hydrogen) atoms. The molecule has 0 bridgehead atoms. The third-order valence-electron chi connectivity index (χ3n) is 9.72. The molecule has 14 nitrogen and oxygen atoms in total. The van der Waals surface area contributed by atoms with Crippen molar-refractivity contribution in [3.8, 4) is 0 Å². The monoisotopic (exact) mass is 653 g/mol. The number of aryl methyl sites for hydroxylation is 1. The smallest absolute Gasteiger partial charge is 0.246 e. The van der Waals surface area contributed by atoms with Gasteiger partial charge in [0.25, 0.3) is 0 Å². The lowest BCUT2D eigenvalue weighted by molar-refractivity contribution is -0.149. The van der Waals surface area contributed by atoms with Gasteiger partial charge in [0.2, 0.25) is 29.5 Å². The van der Waals surface area contributed by atoms with E-state index in [2.05, 4.69) is 15.6 Å². The summed E-state index contributed by atoms with van der Waals surface area (Å²) in [5, 5.41) is 5.38. The van der Waals surface area contributed by atoms with Gasteiger partial charge in [-0.1, -0.05) is 42.7 Å². The Labute approximate surface area is 276 Å². The van der Waals surface area contributed by atoms with Crippen molar-refractivity contribution in [3.63, 3.8) is 0 Å². The molecule has 10 N–H and O–H groups in total. The van der Waals surface area contributed by atoms with Crippen molar-refractivity contribution in [1.29, 1.82) is 0 Å². The largest absolute Gasteiger partial charge is 0.370 e. The van der Waals surface area contributed by atoms with Crippen LogP contribution in [0.1, 0.15) is 75.8 Å². The van der Waals surface area contributed by atoms with Crippen molar-refractivity contribution in [3.05, 3.63) is 35.4 Å². The van der Waals surface area contributed by atoms with Crippen LogP contribution in [0.2, 0.25) is 0 Å². The summed E-state index contributed by atoms with van der Waals surface area (Å²) >= 11 is 0. The standard InChI is InChI=1S/C33H51N9O5/c1-19-11-13-21(14-12-19)17-24(28(35)43)40-29(44)20(2)39-30(45)26-10-6-16-41(26)32(47)27-18-22-7-3-4-9-25(22)42(27)31(46)23(34)8-5-15-38-33(36)37/h11-14,20,22-27H,3-10,15-18,34H2,1-2H3,(H2,35,43)(H,39,45)(H,40,44)(H4,36,37,38)/t20-,22+,23+,24+,25+,26+,27+/m1/s1.